The van der Waals surface area contributed by atoms with Crippen molar-refractivity contribution in [3.05, 3.63) is 57.2 Å². The van der Waals surface area contributed by atoms with Crippen LogP contribution in [0.3, 0.4) is 0 Å². The Morgan fingerprint density at radius 3 is 2.45 bits per heavy atom. The van der Waals surface area contributed by atoms with E-state index >= 15 is 0 Å². The molecule has 0 unspecified atom stereocenters. The number of primary amides is 1. The van der Waals surface area contributed by atoms with Gasteiger partial charge in [-0.15, -0.1) is 11.3 Å². The van der Waals surface area contributed by atoms with E-state index in [1.165, 1.54) is 36.4 Å². The predicted molar refractivity (Wildman–Crippen MR) is 138 cm³/mol. The highest BCUT2D eigenvalue weighted by Gasteiger charge is 2.64. The molecule has 1 amide bonds. The first kappa shape index (κ1) is 26.1. The van der Waals surface area contributed by atoms with E-state index < -0.39 is 63.3 Å². The Labute approximate surface area is 225 Å². The number of nitrogens with two attached hydrogens (primary N) is 1. The number of halogens is 1. The first-order valence-corrected chi connectivity index (χ1v) is 12.8. The highest BCUT2D eigenvalue weighted by Crippen LogP contribution is 2.54. The number of nitrogens with zero attached hydrogens (tertiary/aromatic N) is 1. The third-order valence-corrected chi connectivity index (χ3v) is 8.88. The first-order chi connectivity index (χ1) is 17.8. The fourth-order valence-electron chi connectivity index (χ4n) is 6.13. The van der Waals surface area contributed by atoms with Crippen LogP contribution in [0.15, 0.2) is 40.5 Å². The van der Waals surface area contributed by atoms with E-state index in [1.807, 2.05) is 0 Å². The summed E-state index contributed by atoms with van der Waals surface area (Å²) in [5, 5.41) is 45.6. The fraction of sp³-hybridized carbons (Fsp3) is 0.308. The van der Waals surface area contributed by atoms with Crippen LogP contribution < -0.4 is 5.73 Å². The lowest BCUT2D eigenvalue weighted by molar-refractivity contribution is -0.153. The number of rotatable bonds is 4. The Morgan fingerprint density at radius 1 is 1.16 bits per heavy atom. The Bertz CT molecular complexity index is 1520. The average Bonchev–Trinajstić information content (AvgIpc) is 3.31. The van der Waals surface area contributed by atoms with Gasteiger partial charge in [0.25, 0.3) is 11.1 Å². The van der Waals surface area contributed by atoms with Gasteiger partial charge >= 0.3 is 0 Å². The van der Waals surface area contributed by atoms with Crippen LogP contribution in [-0.2, 0) is 20.8 Å². The van der Waals surface area contributed by atoms with Gasteiger partial charge in [-0.2, -0.15) is 0 Å². The minimum absolute atomic E-state index is 0.0351. The first-order valence-electron chi connectivity index (χ1n) is 11.6. The summed E-state index contributed by atoms with van der Waals surface area (Å²) in [6, 6.07) is 3.28. The zero-order valence-corrected chi connectivity index (χ0v) is 21.8. The molecule has 1 aromatic carbocycles. The molecule has 0 radical (unpaired) electrons. The molecule has 1 saturated carbocycles. The van der Waals surface area contributed by atoms with Gasteiger partial charge in [-0.3, -0.25) is 24.1 Å². The standard InChI is InChI=1S/C26H23ClN2O8S/c1-29(2)18-13-8-9-7-12-10(21-11(24(27)35)5-6-38-21)3-4-14(30)16(12)19(31)15(9)22(33)26(13,37)23(34)17(20(18)32)25(28)36/h3-6,9,13,18,30-31,34,37H,7-8H2,1-2H3,(H2,28,36)/t9-,13-,18-,26-/m0/s1. The van der Waals surface area contributed by atoms with Gasteiger partial charge in [0.2, 0.25) is 5.78 Å². The van der Waals surface area contributed by atoms with Gasteiger partial charge in [-0.1, -0.05) is 0 Å². The third kappa shape index (κ3) is 3.39. The number of fused-ring (bicyclic) bond motifs is 3. The zero-order valence-electron chi connectivity index (χ0n) is 20.2. The van der Waals surface area contributed by atoms with Crippen LogP contribution in [0, 0.1) is 11.8 Å². The van der Waals surface area contributed by atoms with E-state index in [-0.39, 0.29) is 35.3 Å². The summed E-state index contributed by atoms with van der Waals surface area (Å²) in [5.74, 6) is -7.19. The van der Waals surface area contributed by atoms with Crippen molar-refractivity contribution in [2.24, 2.45) is 17.6 Å². The Balaban J connectivity index is 1.75. The van der Waals surface area contributed by atoms with Crippen molar-refractivity contribution in [3.8, 4) is 16.2 Å². The number of carbonyl (C=O) groups excluding carboxylic acids is 4. The lowest BCUT2D eigenvalue weighted by Crippen LogP contribution is -2.65. The minimum Gasteiger partial charge on any atom is -0.508 e. The van der Waals surface area contributed by atoms with E-state index in [9.17, 15) is 39.6 Å². The average molecular weight is 559 g/mol. The summed E-state index contributed by atoms with van der Waals surface area (Å²) in [6.07, 6.45) is 0.0681. The van der Waals surface area contributed by atoms with E-state index in [2.05, 4.69) is 0 Å². The lowest BCUT2D eigenvalue weighted by atomic mass is 9.57. The summed E-state index contributed by atoms with van der Waals surface area (Å²) in [5.41, 5.74) is 2.68. The van der Waals surface area contributed by atoms with Crippen molar-refractivity contribution in [2.75, 3.05) is 14.1 Å². The molecular weight excluding hydrogens is 536 g/mol. The van der Waals surface area contributed by atoms with E-state index in [4.69, 9.17) is 17.3 Å². The number of Topliss-reactive ketones (excluding diaryl/α,β-unsaturated/α-hetero) is 2. The molecule has 12 heteroatoms. The molecule has 4 atom stereocenters. The normalized spacial score (nSPS) is 26.8. The highest BCUT2D eigenvalue weighted by molar-refractivity contribution is 7.14. The molecule has 0 spiro atoms. The molecule has 1 heterocycles. The predicted octanol–water partition coefficient (Wildman–Crippen LogP) is 2.07. The monoisotopic (exact) mass is 558 g/mol. The number of aliphatic hydroxyl groups excluding tert-OH is 2. The van der Waals surface area contributed by atoms with Crippen molar-refractivity contribution in [1.29, 1.82) is 0 Å². The smallest absolute Gasteiger partial charge is 0.255 e. The van der Waals surface area contributed by atoms with Crippen molar-refractivity contribution < 1.29 is 39.6 Å². The molecule has 2 aromatic rings. The SMILES string of the molecule is CN(C)[C@@H]1C(=O)C(C(N)=O)=C(O)[C@@]2(O)C(=O)C3=C(O)c4c(O)ccc(-c5sccc5C(=O)Cl)c4C[C@H]3C[C@@H]12. The van der Waals surface area contributed by atoms with Crippen LogP contribution in [0.2, 0.25) is 0 Å². The Hall–Kier alpha value is -3.51. The second kappa shape index (κ2) is 8.77. The van der Waals surface area contributed by atoms with Gasteiger partial charge in [0, 0.05) is 16.4 Å². The van der Waals surface area contributed by atoms with Crippen molar-refractivity contribution >= 4 is 51.4 Å². The molecule has 1 aromatic heterocycles. The van der Waals surface area contributed by atoms with Crippen LogP contribution in [0.1, 0.15) is 27.9 Å². The fourth-order valence-corrected chi connectivity index (χ4v) is 7.29. The molecule has 5 rings (SSSR count). The van der Waals surface area contributed by atoms with E-state index in [1.54, 1.807) is 17.5 Å². The number of thiophene rings is 1. The van der Waals surface area contributed by atoms with Crippen molar-refractivity contribution in [1.82, 2.24) is 4.90 Å². The van der Waals surface area contributed by atoms with Crippen molar-refractivity contribution in [2.45, 2.75) is 24.5 Å². The molecule has 1 fully saturated rings. The number of likely N-dealkylation sites (N-methyl/N-ethyl adjacent to an activating group) is 1. The number of amides is 1. The number of hydrogen-bond acceptors (Lipinski definition) is 10. The van der Waals surface area contributed by atoms with Gasteiger partial charge in [-0.25, -0.2) is 0 Å². The Morgan fingerprint density at radius 2 is 1.84 bits per heavy atom. The number of phenols is 1. The lowest BCUT2D eigenvalue weighted by Gasteiger charge is -2.50. The van der Waals surface area contributed by atoms with Crippen LogP contribution in [0.5, 0.6) is 5.75 Å². The molecule has 3 aliphatic carbocycles. The summed E-state index contributed by atoms with van der Waals surface area (Å²) in [4.78, 5) is 53.1. The van der Waals surface area contributed by atoms with E-state index in [0.29, 0.717) is 16.0 Å². The van der Waals surface area contributed by atoms with Gasteiger partial charge in [0.05, 0.1) is 17.2 Å². The molecular formula is C26H23ClN2O8S. The highest BCUT2D eigenvalue weighted by atomic mass is 35.5. The number of hydrogen-bond donors (Lipinski definition) is 5. The molecule has 0 aliphatic heterocycles. The molecule has 38 heavy (non-hydrogen) atoms. The Kier molecular flexibility index (Phi) is 6.03. The minimum atomic E-state index is -2.70. The molecule has 0 saturated heterocycles. The van der Waals surface area contributed by atoms with Crippen molar-refractivity contribution in [3.63, 3.8) is 0 Å². The number of aliphatic hydroxyl groups is 3. The number of phenolic OH excluding ortho intramolecular Hbond substituents is 1. The van der Waals surface area contributed by atoms with Crippen LogP contribution in [0.25, 0.3) is 16.2 Å². The number of carbonyl (C=O) groups is 4. The molecule has 198 valence electrons. The quantitative estimate of drug-likeness (QED) is 0.277. The number of benzene rings is 1. The number of aromatic hydroxyl groups is 1. The number of ketones is 2. The van der Waals surface area contributed by atoms with Gasteiger partial charge in [-0.05, 0) is 79.2 Å². The summed E-state index contributed by atoms with van der Waals surface area (Å²) in [6.45, 7) is 0. The summed E-state index contributed by atoms with van der Waals surface area (Å²) >= 11 is 7.00. The third-order valence-electron chi connectivity index (χ3n) is 7.73. The van der Waals surface area contributed by atoms with Crippen LogP contribution >= 0.6 is 22.9 Å². The molecule has 0 bridgehead atoms. The maximum atomic E-state index is 13.9. The summed E-state index contributed by atoms with van der Waals surface area (Å²) < 4.78 is 0. The molecule has 6 N–H and O–H groups in total. The second-order valence-corrected chi connectivity index (χ2v) is 11.1. The van der Waals surface area contributed by atoms with Crippen LogP contribution in [0.4, 0.5) is 0 Å². The zero-order chi connectivity index (χ0) is 27.8. The second-order valence-electron chi connectivity index (χ2n) is 9.88. The summed E-state index contributed by atoms with van der Waals surface area (Å²) in [7, 11) is 3.07. The van der Waals surface area contributed by atoms with Gasteiger partial charge in [0.1, 0.15) is 22.8 Å². The maximum Gasteiger partial charge on any atom is 0.255 e. The maximum absolute atomic E-state index is 13.9. The van der Waals surface area contributed by atoms with E-state index in [0.717, 1.165) is 0 Å². The topological polar surface area (TPSA) is 178 Å². The largest absolute Gasteiger partial charge is 0.508 e. The van der Waals surface area contributed by atoms with Crippen LogP contribution in [-0.4, -0.2) is 73.8 Å². The molecule has 3 aliphatic rings. The molecule has 10 nitrogen and oxygen atoms in total. The van der Waals surface area contributed by atoms with Gasteiger partial charge in [0.15, 0.2) is 11.4 Å². The van der Waals surface area contributed by atoms with Gasteiger partial charge < -0.3 is 26.2 Å².